The summed E-state index contributed by atoms with van der Waals surface area (Å²) in [7, 11) is 0. The Morgan fingerprint density at radius 2 is 2.25 bits per heavy atom. The van der Waals surface area contributed by atoms with Crippen molar-refractivity contribution in [2.24, 2.45) is 5.73 Å². The van der Waals surface area contributed by atoms with Gasteiger partial charge in [-0.05, 0) is 44.0 Å². The van der Waals surface area contributed by atoms with Gasteiger partial charge in [0.05, 0.1) is 0 Å². The summed E-state index contributed by atoms with van der Waals surface area (Å²) in [6.07, 6.45) is 0.753. The van der Waals surface area contributed by atoms with Gasteiger partial charge in [0.25, 0.3) is 5.91 Å². The van der Waals surface area contributed by atoms with E-state index in [1.807, 2.05) is 6.92 Å². The van der Waals surface area contributed by atoms with E-state index in [2.05, 4.69) is 5.32 Å². The van der Waals surface area contributed by atoms with Gasteiger partial charge in [-0.2, -0.15) is 0 Å². The number of nitrogens with one attached hydrogen (secondary N) is 1. The van der Waals surface area contributed by atoms with E-state index in [9.17, 15) is 9.90 Å². The molecule has 0 heterocycles. The normalized spacial score (nSPS) is 12.2. The maximum Gasteiger partial charge on any atom is 0.251 e. The minimum Gasteiger partial charge on any atom is -0.508 e. The average molecular weight is 222 g/mol. The van der Waals surface area contributed by atoms with E-state index in [1.54, 1.807) is 19.1 Å². The summed E-state index contributed by atoms with van der Waals surface area (Å²) in [6.45, 7) is 4.26. The summed E-state index contributed by atoms with van der Waals surface area (Å²) in [5.41, 5.74) is 6.93. The molecule has 0 fully saturated rings. The first kappa shape index (κ1) is 12.5. The second-order valence-electron chi connectivity index (χ2n) is 4.02. The number of rotatable bonds is 4. The predicted octanol–water partition coefficient (Wildman–Crippen LogP) is 1.17. The van der Waals surface area contributed by atoms with Gasteiger partial charge >= 0.3 is 0 Å². The number of aryl methyl sites for hydroxylation is 1. The highest BCUT2D eigenvalue weighted by Gasteiger charge is 2.08. The zero-order valence-electron chi connectivity index (χ0n) is 9.66. The summed E-state index contributed by atoms with van der Waals surface area (Å²) in [5.74, 6) is 0.0442. The highest BCUT2D eigenvalue weighted by molar-refractivity contribution is 5.95. The second kappa shape index (κ2) is 5.51. The van der Waals surface area contributed by atoms with E-state index < -0.39 is 0 Å². The molecule has 0 aliphatic heterocycles. The largest absolute Gasteiger partial charge is 0.508 e. The second-order valence-corrected chi connectivity index (χ2v) is 4.02. The fraction of sp³-hybridized carbons (Fsp3) is 0.417. The fourth-order valence-electron chi connectivity index (χ4n) is 1.41. The molecule has 0 saturated heterocycles. The molecule has 4 N–H and O–H groups in total. The van der Waals surface area contributed by atoms with Crippen molar-refractivity contribution in [3.05, 3.63) is 29.3 Å². The van der Waals surface area contributed by atoms with Crippen LogP contribution in [-0.2, 0) is 0 Å². The van der Waals surface area contributed by atoms with Gasteiger partial charge in [0, 0.05) is 18.2 Å². The lowest BCUT2D eigenvalue weighted by molar-refractivity contribution is 0.0952. The molecular weight excluding hydrogens is 204 g/mol. The fourth-order valence-corrected chi connectivity index (χ4v) is 1.41. The van der Waals surface area contributed by atoms with Crippen molar-refractivity contribution in [1.29, 1.82) is 0 Å². The molecule has 1 rings (SSSR count). The number of aromatic hydroxyl groups is 1. The van der Waals surface area contributed by atoms with E-state index in [-0.39, 0.29) is 17.7 Å². The van der Waals surface area contributed by atoms with Crippen LogP contribution in [0.1, 0.15) is 29.3 Å². The van der Waals surface area contributed by atoms with Crippen molar-refractivity contribution >= 4 is 5.91 Å². The van der Waals surface area contributed by atoms with Gasteiger partial charge in [-0.15, -0.1) is 0 Å². The zero-order chi connectivity index (χ0) is 12.1. The van der Waals surface area contributed by atoms with Crippen molar-refractivity contribution in [2.75, 3.05) is 6.54 Å². The molecule has 1 atom stereocenters. The van der Waals surface area contributed by atoms with E-state index >= 15 is 0 Å². The summed E-state index contributed by atoms with van der Waals surface area (Å²) < 4.78 is 0. The minimum absolute atomic E-state index is 0.0845. The molecule has 1 aromatic carbocycles. The van der Waals surface area contributed by atoms with Crippen LogP contribution in [0.2, 0.25) is 0 Å². The molecular formula is C12H18N2O2. The Labute approximate surface area is 95.5 Å². The number of carbonyl (C=O) groups excluding carboxylic acids is 1. The van der Waals surface area contributed by atoms with Crippen LogP contribution in [0.5, 0.6) is 5.75 Å². The van der Waals surface area contributed by atoms with Gasteiger partial charge in [0.1, 0.15) is 5.75 Å². The number of phenolic OH excluding ortho intramolecular Hbond substituents is 1. The molecule has 0 aromatic heterocycles. The summed E-state index contributed by atoms with van der Waals surface area (Å²) in [6, 6.07) is 4.78. The van der Waals surface area contributed by atoms with Crippen molar-refractivity contribution < 1.29 is 9.90 Å². The van der Waals surface area contributed by atoms with Gasteiger partial charge < -0.3 is 16.2 Å². The summed E-state index contributed by atoms with van der Waals surface area (Å²) in [5, 5.41) is 12.0. The van der Waals surface area contributed by atoms with Crippen LogP contribution in [0.4, 0.5) is 0 Å². The number of amides is 1. The Morgan fingerprint density at radius 1 is 1.56 bits per heavy atom. The molecule has 0 aliphatic rings. The van der Waals surface area contributed by atoms with E-state index in [0.29, 0.717) is 12.1 Å². The van der Waals surface area contributed by atoms with E-state index in [1.165, 1.54) is 6.07 Å². The standard InChI is InChI=1S/C12H18N2O2/c1-8-7-10(15)3-4-11(8)12(16)14-6-5-9(2)13/h3-4,7,9,15H,5-6,13H2,1-2H3,(H,14,16). The number of hydrogen-bond donors (Lipinski definition) is 3. The number of benzene rings is 1. The van der Waals surface area contributed by atoms with Crippen molar-refractivity contribution in [1.82, 2.24) is 5.32 Å². The third-order valence-corrected chi connectivity index (χ3v) is 2.34. The first-order valence-corrected chi connectivity index (χ1v) is 5.34. The molecule has 4 heteroatoms. The van der Waals surface area contributed by atoms with Crippen LogP contribution < -0.4 is 11.1 Å². The molecule has 0 radical (unpaired) electrons. The SMILES string of the molecule is Cc1cc(O)ccc1C(=O)NCCC(C)N. The lowest BCUT2D eigenvalue weighted by Gasteiger charge is -2.09. The van der Waals surface area contributed by atoms with Crippen molar-refractivity contribution in [3.8, 4) is 5.75 Å². The van der Waals surface area contributed by atoms with Crippen LogP contribution in [-0.4, -0.2) is 23.6 Å². The topological polar surface area (TPSA) is 75.3 Å². The molecule has 0 bridgehead atoms. The van der Waals surface area contributed by atoms with Crippen LogP contribution in [0.3, 0.4) is 0 Å². The van der Waals surface area contributed by atoms with Gasteiger partial charge in [-0.1, -0.05) is 0 Å². The summed E-state index contributed by atoms with van der Waals surface area (Å²) in [4.78, 5) is 11.7. The first-order chi connectivity index (χ1) is 7.50. The van der Waals surface area contributed by atoms with Gasteiger partial charge in [-0.3, -0.25) is 4.79 Å². The first-order valence-electron chi connectivity index (χ1n) is 5.34. The molecule has 1 amide bonds. The minimum atomic E-state index is -0.127. The lowest BCUT2D eigenvalue weighted by atomic mass is 10.1. The highest BCUT2D eigenvalue weighted by atomic mass is 16.3. The molecule has 16 heavy (non-hydrogen) atoms. The number of phenols is 1. The van der Waals surface area contributed by atoms with E-state index in [4.69, 9.17) is 5.73 Å². The number of hydrogen-bond acceptors (Lipinski definition) is 3. The Bertz CT molecular complexity index is 375. The van der Waals surface area contributed by atoms with Gasteiger partial charge in [-0.25, -0.2) is 0 Å². The number of nitrogens with two attached hydrogens (primary N) is 1. The van der Waals surface area contributed by atoms with Crippen molar-refractivity contribution in [2.45, 2.75) is 26.3 Å². The highest BCUT2D eigenvalue weighted by Crippen LogP contribution is 2.15. The smallest absolute Gasteiger partial charge is 0.251 e. The predicted molar refractivity (Wildman–Crippen MR) is 63.4 cm³/mol. The van der Waals surface area contributed by atoms with E-state index in [0.717, 1.165) is 12.0 Å². The average Bonchev–Trinajstić information content (AvgIpc) is 2.16. The third-order valence-electron chi connectivity index (χ3n) is 2.34. The zero-order valence-corrected chi connectivity index (χ0v) is 9.66. The molecule has 0 spiro atoms. The monoisotopic (exact) mass is 222 g/mol. The van der Waals surface area contributed by atoms with Crippen LogP contribution in [0, 0.1) is 6.92 Å². The molecule has 1 aromatic rings. The molecule has 88 valence electrons. The maximum absolute atomic E-state index is 11.7. The Morgan fingerprint density at radius 3 is 2.81 bits per heavy atom. The van der Waals surface area contributed by atoms with Crippen LogP contribution >= 0.6 is 0 Å². The third kappa shape index (κ3) is 3.55. The molecule has 4 nitrogen and oxygen atoms in total. The maximum atomic E-state index is 11.7. The van der Waals surface area contributed by atoms with Crippen LogP contribution in [0.15, 0.2) is 18.2 Å². The van der Waals surface area contributed by atoms with Crippen molar-refractivity contribution in [3.63, 3.8) is 0 Å². The van der Waals surface area contributed by atoms with Crippen LogP contribution in [0.25, 0.3) is 0 Å². The Hall–Kier alpha value is -1.55. The lowest BCUT2D eigenvalue weighted by Crippen LogP contribution is -2.29. The quantitative estimate of drug-likeness (QED) is 0.715. The molecule has 1 unspecified atom stereocenters. The molecule has 0 aliphatic carbocycles. The number of carbonyl (C=O) groups is 1. The van der Waals surface area contributed by atoms with Gasteiger partial charge in [0.2, 0.25) is 0 Å². The van der Waals surface area contributed by atoms with Gasteiger partial charge in [0.15, 0.2) is 0 Å². The summed E-state index contributed by atoms with van der Waals surface area (Å²) >= 11 is 0. The Kier molecular flexibility index (Phi) is 4.31. The molecule has 0 saturated carbocycles. The Balaban J connectivity index is 2.59.